The maximum absolute atomic E-state index is 13.9. The molecule has 0 radical (unpaired) electrons. The zero-order valence-corrected chi connectivity index (χ0v) is 21.5. The average molecular weight is 528 g/mol. The minimum atomic E-state index is -1.06. The minimum absolute atomic E-state index is 0.0523. The van der Waals surface area contributed by atoms with Gasteiger partial charge in [-0.3, -0.25) is 14.4 Å². The Labute approximate surface area is 204 Å². The van der Waals surface area contributed by atoms with Crippen molar-refractivity contribution in [1.82, 2.24) is 15.5 Å². The van der Waals surface area contributed by atoms with E-state index < -0.39 is 35.6 Å². The van der Waals surface area contributed by atoms with Crippen molar-refractivity contribution >= 4 is 33.7 Å². The summed E-state index contributed by atoms with van der Waals surface area (Å²) in [5.41, 5.74) is -1.06. The van der Waals surface area contributed by atoms with Crippen molar-refractivity contribution in [3.05, 3.63) is 0 Å². The molecule has 2 bridgehead atoms. The number of aliphatic hydroxyl groups excluding tert-OH is 1. The molecule has 3 aliphatic heterocycles. The summed E-state index contributed by atoms with van der Waals surface area (Å²) in [6.07, 6.45) is 6.04. The van der Waals surface area contributed by atoms with Gasteiger partial charge in [0.2, 0.25) is 17.7 Å². The number of ether oxygens (including phenoxy) is 1. The third-order valence-corrected chi connectivity index (χ3v) is 8.94. The van der Waals surface area contributed by atoms with E-state index in [1.165, 1.54) is 6.42 Å². The van der Waals surface area contributed by atoms with Crippen LogP contribution in [0.1, 0.15) is 65.7 Å². The number of carbonyl (C=O) groups is 3. The summed E-state index contributed by atoms with van der Waals surface area (Å²) in [4.78, 5) is 42.4. The number of hydrogen-bond donors (Lipinski definition) is 3. The molecule has 3 saturated heterocycles. The van der Waals surface area contributed by atoms with Crippen LogP contribution in [-0.2, 0) is 19.1 Å². The molecule has 186 valence electrons. The molecule has 3 unspecified atom stereocenters. The van der Waals surface area contributed by atoms with Gasteiger partial charge in [-0.25, -0.2) is 0 Å². The summed E-state index contributed by atoms with van der Waals surface area (Å²) in [7, 11) is 0. The van der Waals surface area contributed by atoms with Crippen LogP contribution in [0.15, 0.2) is 0 Å². The first-order valence-corrected chi connectivity index (χ1v) is 13.5. The van der Waals surface area contributed by atoms with Crippen LogP contribution in [0.2, 0.25) is 0 Å². The molecular weight excluding hydrogens is 490 g/mol. The number of hydrogen-bond acceptors (Lipinski definition) is 5. The van der Waals surface area contributed by atoms with Gasteiger partial charge in [0, 0.05) is 17.4 Å². The van der Waals surface area contributed by atoms with Gasteiger partial charge >= 0.3 is 0 Å². The lowest BCUT2D eigenvalue weighted by Gasteiger charge is -2.39. The van der Waals surface area contributed by atoms with Crippen LogP contribution in [0.5, 0.6) is 0 Å². The Morgan fingerprint density at radius 1 is 1.24 bits per heavy atom. The third-order valence-electron chi connectivity index (χ3n) is 8.09. The molecule has 1 aliphatic carbocycles. The number of rotatable bonds is 8. The lowest BCUT2D eigenvalue weighted by atomic mass is 9.70. The molecule has 4 aliphatic rings. The first-order chi connectivity index (χ1) is 15.8. The monoisotopic (exact) mass is 527 g/mol. The van der Waals surface area contributed by atoms with E-state index in [2.05, 4.69) is 26.6 Å². The lowest BCUT2D eigenvalue weighted by molar-refractivity contribution is -0.147. The second-order valence-corrected chi connectivity index (χ2v) is 11.7. The number of aliphatic hydroxyl groups is 1. The molecule has 0 aromatic rings. The maximum Gasteiger partial charge on any atom is 0.246 e. The molecule has 1 spiro atoms. The number of halogens is 1. The van der Waals surface area contributed by atoms with Crippen molar-refractivity contribution < 1.29 is 24.2 Å². The third kappa shape index (κ3) is 4.12. The van der Waals surface area contributed by atoms with Crippen molar-refractivity contribution in [3.63, 3.8) is 0 Å². The Morgan fingerprint density at radius 2 is 1.94 bits per heavy atom. The van der Waals surface area contributed by atoms with E-state index >= 15 is 0 Å². The molecule has 0 aromatic carbocycles. The Bertz CT molecular complexity index is 773. The maximum atomic E-state index is 13.9. The van der Waals surface area contributed by atoms with Crippen molar-refractivity contribution in [2.75, 3.05) is 13.2 Å². The van der Waals surface area contributed by atoms with Crippen LogP contribution in [0.3, 0.4) is 0 Å². The number of amides is 3. The second kappa shape index (κ2) is 9.82. The number of fused-ring (bicyclic) bond motifs is 1. The zero-order chi connectivity index (χ0) is 23.9. The summed E-state index contributed by atoms with van der Waals surface area (Å²) < 4.78 is 6.50. The number of carbonyl (C=O) groups excluding carboxylic acids is 3. The molecule has 33 heavy (non-hydrogen) atoms. The van der Waals surface area contributed by atoms with Gasteiger partial charge in [0.25, 0.3) is 0 Å². The van der Waals surface area contributed by atoms with Crippen molar-refractivity contribution in [1.29, 1.82) is 0 Å². The number of alkyl halides is 1. The van der Waals surface area contributed by atoms with Gasteiger partial charge in [0.15, 0.2) is 0 Å². The molecule has 0 aromatic heterocycles. The Morgan fingerprint density at radius 3 is 2.55 bits per heavy atom. The summed E-state index contributed by atoms with van der Waals surface area (Å²) in [5, 5.41) is 16.4. The van der Waals surface area contributed by atoms with Gasteiger partial charge in [-0.2, -0.15) is 0 Å². The average Bonchev–Trinajstić information content (AvgIpc) is 3.37. The molecule has 9 heteroatoms. The van der Waals surface area contributed by atoms with Crippen LogP contribution in [0.25, 0.3) is 0 Å². The molecule has 3 amide bonds. The fourth-order valence-electron chi connectivity index (χ4n) is 6.54. The van der Waals surface area contributed by atoms with Gasteiger partial charge < -0.3 is 25.4 Å². The highest BCUT2D eigenvalue weighted by atomic mass is 79.9. The highest BCUT2D eigenvalue weighted by molar-refractivity contribution is 9.09. The Kier molecular flexibility index (Phi) is 7.41. The molecule has 8 nitrogen and oxygen atoms in total. The van der Waals surface area contributed by atoms with E-state index in [9.17, 15) is 19.5 Å². The first kappa shape index (κ1) is 24.9. The fourth-order valence-corrected chi connectivity index (χ4v) is 7.48. The molecule has 4 rings (SSSR count). The van der Waals surface area contributed by atoms with Gasteiger partial charge in [-0.15, -0.1) is 0 Å². The smallest absolute Gasteiger partial charge is 0.246 e. The van der Waals surface area contributed by atoms with Gasteiger partial charge in [-0.1, -0.05) is 56.0 Å². The predicted molar refractivity (Wildman–Crippen MR) is 127 cm³/mol. The first-order valence-electron chi connectivity index (χ1n) is 12.6. The van der Waals surface area contributed by atoms with Crippen LogP contribution in [0, 0.1) is 17.8 Å². The van der Waals surface area contributed by atoms with E-state index in [-0.39, 0.29) is 41.1 Å². The van der Waals surface area contributed by atoms with E-state index in [1.807, 2.05) is 20.8 Å². The minimum Gasteiger partial charge on any atom is -0.394 e. The predicted octanol–water partition coefficient (Wildman–Crippen LogP) is 1.73. The van der Waals surface area contributed by atoms with Crippen LogP contribution < -0.4 is 10.6 Å². The van der Waals surface area contributed by atoms with E-state index in [0.717, 1.165) is 32.1 Å². The molecule has 4 fully saturated rings. The molecule has 3 heterocycles. The van der Waals surface area contributed by atoms with Crippen molar-refractivity contribution in [2.45, 2.75) is 100 Å². The highest BCUT2D eigenvalue weighted by Gasteiger charge is 2.77. The standard InChI is InChI=1S/C24H38BrN3O5/c1-4-10-26-21(30)17-18-23(32)28(16(12-29)13(2)3)20(24(18)11-15(25)19(17)33-24)22(31)27-14-8-6-5-7-9-14/h13-20,29H,4-12H2,1-3H3,(H,26,30)(H,27,31)/t15?,16-,17-,18-,19-,20?,24?/m0/s1. The van der Waals surface area contributed by atoms with Crippen molar-refractivity contribution in [3.8, 4) is 0 Å². The van der Waals surface area contributed by atoms with Gasteiger partial charge in [0.1, 0.15) is 11.6 Å². The Balaban J connectivity index is 1.71. The van der Waals surface area contributed by atoms with Gasteiger partial charge in [-0.05, 0) is 31.6 Å². The topological polar surface area (TPSA) is 108 Å². The SMILES string of the molecule is CCCNC(=O)[C@H]1[C@H]2C(=O)N([C@@H](CO)C(C)C)C(C(=O)NC3CCCCC3)C23CC(Br)[C@@H]1O3. The Hall–Kier alpha value is -1.19. The normalized spacial score (nSPS) is 36.8. The second-order valence-electron chi connectivity index (χ2n) is 10.5. The van der Waals surface area contributed by atoms with Crippen LogP contribution in [0.4, 0.5) is 0 Å². The lowest BCUT2D eigenvalue weighted by Crippen LogP contribution is -2.60. The molecule has 3 N–H and O–H groups in total. The molecule has 7 atom stereocenters. The fraction of sp³-hybridized carbons (Fsp3) is 0.875. The summed E-state index contributed by atoms with van der Waals surface area (Å²) in [5.74, 6) is -2.07. The summed E-state index contributed by atoms with van der Waals surface area (Å²) in [6, 6.07) is -1.28. The van der Waals surface area contributed by atoms with Crippen molar-refractivity contribution in [2.24, 2.45) is 17.8 Å². The highest BCUT2D eigenvalue weighted by Crippen LogP contribution is 2.60. The number of nitrogens with zero attached hydrogens (tertiary/aromatic N) is 1. The molecule has 1 saturated carbocycles. The van der Waals surface area contributed by atoms with E-state index in [0.29, 0.717) is 13.0 Å². The van der Waals surface area contributed by atoms with Crippen LogP contribution in [-0.4, -0.2) is 75.5 Å². The van der Waals surface area contributed by atoms with Gasteiger partial charge in [0.05, 0.1) is 30.6 Å². The summed E-state index contributed by atoms with van der Waals surface area (Å²) >= 11 is 3.69. The molecular formula is C24H38BrN3O5. The van der Waals surface area contributed by atoms with Crippen LogP contribution >= 0.6 is 15.9 Å². The largest absolute Gasteiger partial charge is 0.394 e. The quantitative estimate of drug-likeness (QED) is 0.416. The number of likely N-dealkylation sites (tertiary alicyclic amines) is 1. The zero-order valence-electron chi connectivity index (χ0n) is 19.9. The summed E-state index contributed by atoms with van der Waals surface area (Å²) in [6.45, 7) is 6.14. The van der Waals surface area contributed by atoms with E-state index in [4.69, 9.17) is 4.74 Å². The number of nitrogens with one attached hydrogen (secondary N) is 2. The van der Waals surface area contributed by atoms with E-state index in [1.54, 1.807) is 4.90 Å².